The van der Waals surface area contributed by atoms with E-state index in [0.717, 1.165) is 6.42 Å². The van der Waals surface area contributed by atoms with E-state index in [2.05, 4.69) is 17.9 Å². The van der Waals surface area contributed by atoms with Gasteiger partial charge in [0.15, 0.2) is 0 Å². The van der Waals surface area contributed by atoms with Crippen LogP contribution in [0.25, 0.3) is 0 Å². The van der Waals surface area contributed by atoms with E-state index in [1.807, 2.05) is 6.92 Å². The number of rotatable bonds is 6. The van der Waals surface area contributed by atoms with Gasteiger partial charge in [0.1, 0.15) is 0 Å². The molecule has 0 fully saturated rings. The Labute approximate surface area is 87.5 Å². The van der Waals surface area contributed by atoms with Gasteiger partial charge in [-0.05, 0) is 19.1 Å². The molecule has 3 nitrogen and oxygen atoms in total. The second-order valence-corrected chi connectivity index (χ2v) is 5.01. The third-order valence-electron chi connectivity index (χ3n) is 1.58. The van der Waals surface area contributed by atoms with Crippen LogP contribution in [0.1, 0.15) is 19.8 Å². The zero-order valence-electron chi connectivity index (χ0n) is 8.08. The zero-order chi connectivity index (χ0) is 10.3. The molecule has 0 rings (SSSR count). The molecule has 0 saturated carbocycles. The van der Waals surface area contributed by atoms with E-state index in [4.69, 9.17) is 0 Å². The van der Waals surface area contributed by atoms with Gasteiger partial charge < -0.3 is 5.32 Å². The number of carbonyl (C=O) groups excluding carboxylic acids is 1. The van der Waals surface area contributed by atoms with Crippen molar-refractivity contribution in [2.45, 2.75) is 25.8 Å². The highest BCUT2D eigenvalue weighted by Gasteiger charge is 2.06. The van der Waals surface area contributed by atoms with Gasteiger partial charge in [-0.1, -0.05) is 0 Å². The second-order valence-electron chi connectivity index (χ2n) is 3.01. The van der Waals surface area contributed by atoms with Crippen molar-refractivity contribution in [1.82, 2.24) is 5.32 Å². The van der Waals surface area contributed by atoms with Crippen LogP contribution in [-0.2, 0) is 15.6 Å². The molecule has 0 aromatic carbocycles. The molecule has 0 heterocycles. The number of carbonyl (C=O) groups is 1. The monoisotopic (exact) mass is 223 g/mol. The zero-order valence-corrected chi connectivity index (χ0v) is 9.79. The van der Waals surface area contributed by atoms with E-state index in [1.54, 1.807) is 6.26 Å². The van der Waals surface area contributed by atoms with Crippen molar-refractivity contribution >= 4 is 29.3 Å². The van der Waals surface area contributed by atoms with Crippen molar-refractivity contribution in [2.24, 2.45) is 0 Å². The van der Waals surface area contributed by atoms with E-state index >= 15 is 0 Å². The van der Waals surface area contributed by atoms with Gasteiger partial charge in [-0.2, -0.15) is 12.6 Å². The SMILES string of the molecule is CC(CCS(C)=O)NC(=O)CCS. The molecule has 1 N–H and O–H groups in total. The van der Waals surface area contributed by atoms with Gasteiger partial charge in [0.05, 0.1) is 0 Å². The minimum atomic E-state index is -0.771. The maximum absolute atomic E-state index is 11.1. The summed E-state index contributed by atoms with van der Waals surface area (Å²) < 4.78 is 10.7. The summed E-state index contributed by atoms with van der Waals surface area (Å²) in [5, 5.41) is 2.81. The summed E-state index contributed by atoms with van der Waals surface area (Å²) in [6, 6.07) is 0.108. The van der Waals surface area contributed by atoms with Gasteiger partial charge in [-0.15, -0.1) is 0 Å². The number of nitrogens with one attached hydrogen (secondary N) is 1. The Balaban J connectivity index is 3.55. The van der Waals surface area contributed by atoms with Crippen LogP contribution in [-0.4, -0.2) is 33.9 Å². The maximum Gasteiger partial charge on any atom is 0.221 e. The number of hydrogen-bond acceptors (Lipinski definition) is 3. The van der Waals surface area contributed by atoms with Crippen molar-refractivity contribution in [3.63, 3.8) is 0 Å². The van der Waals surface area contributed by atoms with Crippen LogP contribution < -0.4 is 5.32 Å². The average molecular weight is 223 g/mol. The van der Waals surface area contributed by atoms with E-state index in [0.29, 0.717) is 17.9 Å². The molecular weight excluding hydrogens is 206 g/mol. The summed E-state index contributed by atoms with van der Waals surface area (Å²) in [5.74, 6) is 1.23. The Morgan fingerprint density at radius 1 is 1.62 bits per heavy atom. The number of amides is 1. The van der Waals surface area contributed by atoms with Gasteiger partial charge >= 0.3 is 0 Å². The van der Waals surface area contributed by atoms with Crippen molar-refractivity contribution < 1.29 is 9.00 Å². The summed E-state index contributed by atoms with van der Waals surface area (Å²) in [6.07, 6.45) is 2.88. The van der Waals surface area contributed by atoms with Crippen LogP contribution in [0.2, 0.25) is 0 Å². The topological polar surface area (TPSA) is 46.2 Å². The number of hydrogen-bond donors (Lipinski definition) is 2. The Hall–Kier alpha value is -0.0300. The smallest absolute Gasteiger partial charge is 0.221 e. The first-order valence-electron chi connectivity index (χ1n) is 4.26. The van der Waals surface area contributed by atoms with Gasteiger partial charge in [0.2, 0.25) is 5.91 Å². The van der Waals surface area contributed by atoms with Crippen molar-refractivity contribution in [3.8, 4) is 0 Å². The molecule has 1 amide bonds. The van der Waals surface area contributed by atoms with Crippen molar-refractivity contribution in [3.05, 3.63) is 0 Å². The molecule has 0 aromatic rings. The van der Waals surface area contributed by atoms with Gasteiger partial charge in [0.25, 0.3) is 0 Å². The van der Waals surface area contributed by atoms with Crippen LogP contribution in [0.3, 0.4) is 0 Å². The van der Waals surface area contributed by atoms with Gasteiger partial charge in [-0.3, -0.25) is 9.00 Å². The third-order valence-corrected chi connectivity index (χ3v) is 2.62. The molecule has 0 radical (unpaired) electrons. The van der Waals surface area contributed by atoms with Crippen LogP contribution in [0.15, 0.2) is 0 Å². The van der Waals surface area contributed by atoms with E-state index in [-0.39, 0.29) is 11.9 Å². The first-order chi connectivity index (χ1) is 6.06. The fourth-order valence-corrected chi connectivity index (χ4v) is 1.75. The quantitative estimate of drug-likeness (QED) is 0.647. The molecule has 0 aliphatic rings. The molecule has 0 aliphatic carbocycles. The lowest BCUT2D eigenvalue weighted by molar-refractivity contribution is -0.121. The minimum absolute atomic E-state index is 0.0179. The normalized spacial score (nSPS) is 15.0. The highest BCUT2D eigenvalue weighted by Crippen LogP contribution is 1.94. The van der Waals surface area contributed by atoms with E-state index in [9.17, 15) is 9.00 Å². The molecule has 5 heteroatoms. The highest BCUT2D eigenvalue weighted by atomic mass is 32.2. The van der Waals surface area contributed by atoms with Crippen molar-refractivity contribution in [2.75, 3.05) is 17.8 Å². The van der Waals surface area contributed by atoms with Crippen LogP contribution in [0.4, 0.5) is 0 Å². The Kier molecular flexibility index (Phi) is 7.36. The van der Waals surface area contributed by atoms with E-state index < -0.39 is 10.8 Å². The Morgan fingerprint density at radius 2 is 2.23 bits per heavy atom. The molecule has 0 saturated heterocycles. The molecule has 0 spiro atoms. The van der Waals surface area contributed by atoms with Crippen molar-refractivity contribution in [1.29, 1.82) is 0 Å². The number of thiol groups is 1. The Bertz CT molecular complexity index is 185. The first kappa shape index (κ1) is 13.0. The fourth-order valence-electron chi connectivity index (χ4n) is 0.863. The standard InChI is InChI=1S/C8H17NO2S2/c1-7(4-6-13(2)11)9-8(10)3-5-12/h7,12H,3-6H2,1-2H3,(H,9,10). The summed E-state index contributed by atoms with van der Waals surface area (Å²) in [4.78, 5) is 11.1. The molecule has 13 heavy (non-hydrogen) atoms. The summed E-state index contributed by atoms with van der Waals surface area (Å²) in [6.45, 7) is 1.92. The lowest BCUT2D eigenvalue weighted by Gasteiger charge is -2.12. The van der Waals surface area contributed by atoms with Gasteiger partial charge in [0, 0.05) is 35.3 Å². The van der Waals surface area contributed by atoms with Crippen LogP contribution in [0, 0.1) is 0 Å². The molecule has 78 valence electrons. The molecule has 0 aliphatic heterocycles. The molecule has 2 unspecified atom stereocenters. The largest absolute Gasteiger partial charge is 0.354 e. The lowest BCUT2D eigenvalue weighted by Crippen LogP contribution is -2.33. The first-order valence-corrected chi connectivity index (χ1v) is 6.62. The average Bonchev–Trinajstić information content (AvgIpc) is 2.01. The molecule has 0 aromatic heterocycles. The molecule has 2 atom stereocenters. The summed E-state index contributed by atoms with van der Waals surface area (Å²) >= 11 is 3.96. The second kappa shape index (κ2) is 7.38. The lowest BCUT2D eigenvalue weighted by atomic mass is 10.2. The maximum atomic E-state index is 11.1. The predicted octanol–water partition coefficient (Wildman–Crippen LogP) is 0.580. The van der Waals surface area contributed by atoms with Gasteiger partial charge in [-0.25, -0.2) is 0 Å². The van der Waals surface area contributed by atoms with Crippen LogP contribution >= 0.6 is 12.6 Å². The third kappa shape index (κ3) is 8.30. The summed E-state index contributed by atoms with van der Waals surface area (Å²) in [7, 11) is -0.771. The Morgan fingerprint density at radius 3 is 2.69 bits per heavy atom. The molecule has 0 bridgehead atoms. The van der Waals surface area contributed by atoms with E-state index in [1.165, 1.54) is 0 Å². The highest BCUT2D eigenvalue weighted by molar-refractivity contribution is 7.84. The predicted molar refractivity (Wildman–Crippen MR) is 59.6 cm³/mol. The fraction of sp³-hybridized carbons (Fsp3) is 0.875. The molecular formula is C8H17NO2S2. The summed E-state index contributed by atoms with van der Waals surface area (Å²) in [5.41, 5.74) is 0. The minimum Gasteiger partial charge on any atom is -0.354 e. The van der Waals surface area contributed by atoms with Crippen LogP contribution in [0.5, 0.6) is 0 Å².